The third-order valence-electron chi connectivity index (χ3n) is 2.76. The quantitative estimate of drug-likeness (QED) is 0.678. The highest BCUT2D eigenvalue weighted by Gasteiger charge is 2.29. The zero-order valence-electron chi connectivity index (χ0n) is 10.6. The van der Waals surface area contributed by atoms with Crippen LogP contribution in [0.25, 0.3) is 5.69 Å². The standard InChI is InChI=1S/C13H10BrClF3NO/c1-7-3-4-8(2)19(7)9-5-6-10(11(15)12(9)16)20-13(14,17)18/h3-6H,1-2H3. The van der Waals surface area contributed by atoms with Gasteiger partial charge in [-0.25, -0.2) is 4.39 Å². The zero-order valence-corrected chi connectivity index (χ0v) is 12.9. The Morgan fingerprint density at radius 2 is 1.70 bits per heavy atom. The molecule has 0 aliphatic carbocycles. The number of ether oxygens (including phenoxy) is 1. The molecule has 1 aromatic heterocycles. The first-order valence-electron chi connectivity index (χ1n) is 5.60. The fourth-order valence-electron chi connectivity index (χ4n) is 1.95. The van der Waals surface area contributed by atoms with Crippen molar-refractivity contribution in [1.82, 2.24) is 4.57 Å². The van der Waals surface area contributed by atoms with Crippen LogP contribution in [0.1, 0.15) is 11.4 Å². The maximum atomic E-state index is 14.3. The largest absolute Gasteiger partial charge is 0.459 e. The van der Waals surface area contributed by atoms with Crippen LogP contribution in [-0.2, 0) is 0 Å². The molecule has 0 atom stereocenters. The average molecular weight is 369 g/mol. The van der Waals surface area contributed by atoms with Gasteiger partial charge in [-0.1, -0.05) is 11.6 Å². The summed E-state index contributed by atoms with van der Waals surface area (Å²) in [6.07, 6.45) is 0. The molecule has 0 aliphatic heterocycles. The summed E-state index contributed by atoms with van der Waals surface area (Å²) in [6, 6.07) is 6.18. The van der Waals surface area contributed by atoms with Gasteiger partial charge in [0.25, 0.3) is 0 Å². The summed E-state index contributed by atoms with van der Waals surface area (Å²) in [5, 5.41) is -4.10. The molecular formula is C13H10BrClF3NO. The van der Waals surface area contributed by atoms with Gasteiger partial charge in [-0.2, -0.15) is 8.78 Å². The van der Waals surface area contributed by atoms with Crippen LogP contribution < -0.4 is 4.74 Å². The van der Waals surface area contributed by atoms with Crippen LogP contribution in [0.3, 0.4) is 0 Å². The van der Waals surface area contributed by atoms with Crippen LogP contribution in [0.5, 0.6) is 5.75 Å². The summed E-state index contributed by atoms with van der Waals surface area (Å²) >= 11 is 7.77. The number of alkyl halides is 3. The molecule has 0 amide bonds. The van der Waals surface area contributed by atoms with Gasteiger partial charge in [0.2, 0.25) is 0 Å². The first kappa shape index (κ1) is 15.3. The van der Waals surface area contributed by atoms with E-state index in [1.54, 1.807) is 18.4 Å². The average Bonchev–Trinajstić information content (AvgIpc) is 2.65. The highest BCUT2D eigenvalue weighted by molar-refractivity contribution is 9.09. The number of halogens is 5. The van der Waals surface area contributed by atoms with E-state index in [9.17, 15) is 13.2 Å². The van der Waals surface area contributed by atoms with Crippen molar-refractivity contribution in [1.29, 1.82) is 0 Å². The molecule has 0 aliphatic rings. The predicted octanol–water partition coefficient (Wildman–Crippen LogP) is 5.21. The lowest BCUT2D eigenvalue weighted by Crippen LogP contribution is -2.15. The minimum atomic E-state index is -3.61. The number of rotatable bonds is 3. The number of aryl methyl sites for hydroxylation is 2. The predicted molar refractivity (Wildman–Crippen MR) is 74.7 cm³/mol. The molecule has 0 saturated carbocycles. The summed E-state index contributed by atoms with van der Waals surface area (Å²) in [5.74, 6) is -1.25. The molecular weight excluding hydrogens is 358 g/mol. The second kappa shape index (κ2) is 5.33. The molecule has 2 aromatic rings. The Kier molecular flexibility index (Phi) is 4.07. The van der Waals surface area contributed by atoms with E-state index in [-0.39, 0.29) is 5.69 Å². The molecule has 0 radical (unpaired) electrons. The van der Waals surface area contributed by atoms with Gasteiger partial charge in [0, 0.05) is 27.3 Å². The zero-order chi connectivity index (χ0) is 15.1. The minimum absolute atomic E-state index is 0.181. The van der Waals surface area contributed by atoms with Crippen LogP contribution in [0.2, 0.25) is 5.02 Å². The molecule has 7 heteroatoms. The van der Waals surface area contributed by atoms with Gasteiger partial charge >= 0.3 is 5.02 Å². The Morgan fingerprint density at radius 3 is 2.20 bits per heavy atom. The molecule has 20 heavy (non-hydrogen) atoms. The number of benzene rings is 1. The molecule has 0 saturated heterocycles. The van der Waals surface area contributed by atoms with Crippen LogP contribution >= 0.6 is 27.5 Å². The van der Waals surface area contributed by atoms with E-state index in [0.717, 1.165) is 11.4 Å². The first-order chi connectivity index (χ1) is 9.20. The third-order valence-corrected chi connectivity index (χ3v) is 3.28. The molecule has 0 fully saturated rings. The lowest BCUT2D eigenvalue weighted by molar-refractivity contribution is -0.0803. The van der Waals surface area contributed by atoms with E-state index in [2.05, 4.69) is 4.74 Å². The smallest absolute Gasteiger partial charge is 0.422 e. The third kappa shape index (κ3) is 2.96. The van der Waals surface area contributed by atoms with Crippen molar-refractivity contribution in [3.05, 3.63) is 46.5 Å². The van der Waals surface area contributed by atoms with Crippen molar-refractivity contribution in [2.75, 3.05) is 0 Å². The maximum Gasteiger partial charge on any atom is 0.459 e. The van der Waals surface area contributed by atoms with Gasteiger partial charge in [-0.3, -0.25) is 0 Å². The van der Waals surface area contributed by atoms with E-state index in [0.29, 0.717) is 0 Å². The monoisotopic (exact) mass is 367 g/mol. The maximum absolute atomic E-state index is 14.3. The molecule has 0 N–H and O–H groups in total. The van der Waals surface area contributed by atoms with Gasteiger partial charge in [0.05, 0.1) is 5.69 Å². The van der Waals surface area contributed by atoms with Crippen molar-refractivity contribution in [2.45, 2.75) is 18.9 Å². The van der Waals surface area contributed by atoms with Crippen molar-refractivity contribution in [3.8, 4) is 11.4 Å². The van der Waals surface area contributed by atoms with Gasteiger partial charge in [-0.15, -0.1) is 0 Å². The molecule has 2 rings (SSSR count). The van der Waals surface area contributed by atoms with Crippen molar-refractivity contribution >= 4 is 27.5 Å². The summed E-state index contributed by atoms with van der Waals surface area (Å²) < 4.78 is 45.6. The number of hydrogen-bond donors (Lipinski definition) is 0. The highest BCUT2D eigenvalue weighted by Crippen LogP contribution is 2.36. The second-order valence-electron chi connectivity index (χ2n) is 4.21. The number of nitrogens with zero attached hydrogens (tertiary/aromatic N) is 1. The fraction of sp³-hybridized carbons (Fsp3) is 0.231. The van der Waals surface area contributed by atoms with Gasteiger partial charge < -0.3 is 9.30 Å². The van der Waals surface area contributed by atoms with Crippen molar-refractivity contribution < 1.29 is 17.9 Å². The normalized spacial score (nSPS) is 11.8. The van der Waals surface area contributed by atoms with Gasteiger partial charge in [0.15, 0.2) is 5.82 Å². The molecule has 0 unspecified atom stereocenters. The minimum Gasteiger partial charge on any atom is -0.422 e. The summed E-state index contributed by atoms with van der Waals surface area (Å²) in [5.41, 5.74) is 1.79. The number of hydrogen-bond acceptors (Lipinski definition) is 1. The Balaban J connectivity index is 2.52. The highest BCUT2D eigenvalue weighted by atomic mass is 79.9. The van der Waals surface area contributed by atoms with Crippen LogP contribution in [-0.4, -0.2) is 9.58 Å². The van der Waals surface area contributed by atoms with E-state index in [1.165, 1.54) is 12.1 Å². The van der Waals surface area contributed by atoms with Crippen LogP contribution in [0, 0.1) is 19.7 Å². The van der Waals surface area contributed by atoms with Crippen LogP contribution in [0.4, 0.5) is 13.2 Å². The van der Waals surface area contributed by atoms with E-state index >= 15 is 0 Å². The molecule has 1 aromatic carbocycles. The second-order valence-corrected chi connectivity index (χ2v) is 5.51. The first-order valence-corrected chi connectivity index (χ1v) is 6.77. The van der Waals surface area contributed by atoms with E-state index in [4.69, 9.17) is 11.6 Å². The Morgan fingerprint density at radius 1 is 1.15 bits per heavy atom. The summed E-state index contributed by atoms with van der Waals surface area (Å²) in [4.78, 5) is 0. The van der Waals surface area contributed by atoms with Crippen molar-refractivity contribution in [2.24, 2.45) is 0 Å². The molecule has 108 valence electrons. The Hall–Kier alpha value is -1.14. The van der Waals surface area contributed by atoms with Gasteiger partial charge in [-0.05, 0) is 38.1 Å². The van der Waals surface area contributed by atoms with Crippen LogP contribution in [0.15, 0.2) is 24.3 Å². The Labute approximate surface area is 127 Å². The lowest BCUT2D eigenvalue weighted by Gasteiger charge is -2.16. The van der Waals surface area contributed by atoms with Crippen molar-refractivity contribution in [3.63, 3.8) is 0 Å². The van der Waals surface area contributed by atoms with Gasteiger partial charge in [0.1, 0.15) is 10.8 Å². The SMILES string of the molecule is Cc1ccc(C)n1-c1ccc(OC(F)(F)Br)c(Cl)c1F. The topological polar surface area (TPSA) is 14.2 Å². The summed E-state index contributed by atoms with van der Waals surface area (Å²) in [7, 11) is 0. The lowest BCUT2D eigenvalue weighted by atomic mass is 10.2. The summed E-state index contributed by atoms with van der Waals surface area (Å²) in [6.45, 7) is 3.61. The van der Waals surface area contributed by atoms with E-state index in [1.807, 2.05) is 28.1 Å². The molecule has 1 heterocycles. The molecule has 0 spiro atoms. The molecule has 0 bridgehead atoms. The molecule has 2 nitrogen and oxygen atoms in total. The van der Waals surface area contributed by atoms with E-state index < -0.39 is 21.6 Å². The fourth-order valence-corrected chi connectivity index (χ4v) is 2.32. The number of aromatic nitrogens is 1. The Bertz CT molecular complexity index is 632.